The largest absolute Gasteiger partial charge is 0.470 e. The fraction of sp³-hybridized carbons (Fsp3) is 0.176. The van der Waals surface area contributed by atoms with E-state index in [1.54, 1.807) is 18.2 Å². The normalized spacial score (nSPS) is 11.2. The highest BCUT2D eigenvalue weighted by atomic mass is 32.1. The van der Waals surface area contributed by atoms with E-state index in [1.807, 2.05) is 13.8 Å². The third kappa shape index (κ3) is 2.70. The van der Waals surface area contributed by atoms with Crippen molar-refractivity contribution in [2.24, 2.45) is 0 Å². The predicted molar refractivity (Wildman–Crippen MR) is 94.0 cm³/mol. The highest BCUT2D eigenvalue weighted by molar-refractivity contribution is 7.17. The Morgan fingerprint density at radius 3 is 2.81 bits per heavy atom. The zero-order valence-electron chi connectivity index (χ0n) is 13.9. The molecule has 0 spiro atoms. The Hall–Kier alpha value is -2.94. The van der Waals surface area contributed by atoms with E-state index in [9.17, 15) is 8.78 Å². The smallest absolute Gasteiger partial charge is 0.274 e. The molecule has 0 bridgehead atoms. The number of nitrogens with zero attached hydrogens (tertiary/aromatic N) is 4. The molecule has 0 aliphatic heterocycles. The third-order valence-corrected chi connectivity index (χ3v) is 4.90. The number of H-pyrrole nitrogens is 1. The van der Waals surface area contributed by atoms with Crippen LogP contribution in [0, 0.1) is 18.6 Å². The van der Waals surface area contributed by atoms with E-state index >= 15 is 0 Å². The molecule has 9 heteroatoms. The first-order chi connectivity index (χ1) is 12.6. The summed E-state index contributed by atoms with van der Waals surface area (Å²) in [6.45, 7) is 4.25. The van der Waals surface area contributed by atoms with Crippen molar-refractivity contribution in [2.45, 2.75) is 13.8 Å². The molecule has 3 heterocycles. The lowest BCUT2D eigenvalue weighted by molar-refractivity contribution is 0.338. The number of thiazole rings is 1. The number of fused-ring (bicyclic) bond motifs is 1. The number of aromatic nitrogens is 5. The molecular formula is C17H13F2N5OS. The minimum Gasteiger partial charge on any atom is -0.470 e. The molecule has 26 heavy (non-hydrogen) atoms. The maximum Gasteiger partial charge on any atom is 0.274 e. The Morgan fingerprint density at radius 1 is 1.19 bits per heavy atom. The van der Waals surface area contributed by atoms with Gasteiger partial charge < -0.3 is 4.74 Å². The Balaban J connectivity index is 1.83. The summed E-state index contributed by atoms with van der Waals surface area (Å²) in [5.41, 5.74) is 1.51. The van der Waals surface area contributed by atoms with Gasteiger partial charge in [-0.1, -0.05) is 22.6 Å². The lowest BCUT2D eigenvalue weighted by Gasteiger charge is -2.06. The fourth-order valence-electron chi connectivity index (χ4n) is 2.63. The van der Waals surface area contributed by atoms with Gasteiger partial charge in [0.1, 0.15) is 5.52 Å². The molecule has 4 aromatic rings. The van der Waals surface area contributed by atoms with Crippen LogP contribution in [0.4, 0.5) is 8.78 Å². The number of rotatable bonds is 4. The second kappa shape index (κ2) is 6.41. The van der Waals surface area contributed by atoms with Gasteiger partial charge in [0.15, 0.2) is 17.2 Å². The molecule has 6 nitrogen and oxygen atoms in total. The summed E-state index contributed by atoms with van der Waals surface area (Å²) in [7, 11) is 0. The van der Waals surface area contributed by atoms with Crippen LogP contribution in [-0.2, 0) is 0 Å². The van der Waals surface area contributed by atoms with Crippen LogP contribution in [0.15, 0.2) is 24.3 Å². The van der Waals surface area contributed by atoms with Gasteiger partial charge in [0.25, 0.3) is 5.19 Å². The van der Waals surface area contributed by atoms with Crippen molar-refractivity contribution in [1.29, 1.82) is 0 Å². The van der Waals surface area contributed by atoms with Crippen molar-refractivity contribution >= 4 is 22.4 Å². The van der Waals surface area contributed by atoms with Crippen molar-refractivity contribution < 1.29 is 13.5 Å². The maximum atomic E-state index is 14.7. The number of hydrogen-bond acceptors (Lipinski definition) is 6. The van der Waals surface area contributed by atoms with Crippen LogP contribution in [0.1, 0.15) is 12.6 Å². The molecule has 0 unspecified atom stereocenters. The lowest BCUT2D eigenvalue weighted by Crippen LogP contribution is -1.94. The zero-order chi connectivity index (χ0) is 18.3. The van der Waals surface area contributed by atoms with Crippen molar-refractivity contribution in [3.8, 4) is 27.0 Å². The Morgan fingerprint density at radius 2 is 2.00 bits per heavy atom. The van der Waals surface area contributed by atoms with E-state index in [4.69, 9.17) is 4.74 Å². The number of nitrogens with one attached hydrogen (secondary N) is 1. The topological polar surface area (TPSA) is 76.6 Å². The van der Waals surface area contributed by atoms with E-state index in [-0.39, 0.29) is 16.6 Å². The first kappa shape index (κ1) is 16.5. The van der Waals surface area contributed by atoms with Gasteiger partial charge in [0.05, 0.1) is 28.6 Å². The van der Waals surface area contributed by atoms with Crippen molar-refractivity contribution in [3.63, 3.8) is 0 Å². The Bertz CT molecular complexity index is 1110. The van der Waals surface area contributed by atoms with Crippen molar-refractivity contribution in [3.05, 3.63) is 41.6 Å². The molecule has 0 fully saturated rings. The maximum absolute atomic E-state index is 14.7. The van der Waals surface area contributed by atoms with Crippen LogP contribution in [0.3, 0.4) is 0 Å². The molecule has 4 rings (SSSR count). The van der Waals surface area contributed by atoms with Gasteiger partial charge in [0, 0.05) is 5.56 Å². The lowest BCUT2D eigenvalue weighted by atomic mass is 10.1. The van der Waals surface area contributed by atoms with E-state index < -0.39 is 11.6 Å². The minimum atomic E-state index is -0.662. The number of pyridine rings is 1. The molecule has 1 N–H and O–H groups in total. The van der Waals surface area contributed by atoms with Gasteiger partial charge in [-0.05, 0) is 32.0 Å². The first-order valence-electron chi connectivity index (χ1n) is 7.85. The van der Waals surface area contributed by atoms with Gasteiger partial charge in [0.2, 0.25) is 0 Å². The fourth-order valence-corrected chi connectivity index (χ4v) is 3.58. The van der Waals surface area contributed by atoms with Gasteiger partial charge in [-0.2, -0.15) is 0 Å². The number of halogens is 2. The Labute approximate surface area is 150 Å². The van der Waals surface area contributed by atoms with Crippen molar-refractivity contribution in [2.75, 3.05) is 6.61 Å². The molecule has 1 aromatic carbocycles. The number of hydrogen-bond donors (Lipinski definition) is 1. The third-order valence-electron chi connectivity index (χ3n) is 3.80. The summed E-state index contributed by atoms with van der Waals surface area (Å²) in [5.74, 6) is -1.31. The molecule has 0 aliphatic rings. The van der Waals surface area contributed by atoms with E-state index in [1.165, 1.54) is 11.3 Å². The summed E-state index contributed by atoms with van der Waals surface area (Å²) in [6, 6.07) is 6.24. The summed E-state index contributed by atoms with van der Waals surface area (Å²) in [6.07, 6.45) is 0. The molecule has 132 valence electrons. The van der Waals surface area contributed by atoms with Crippen LogP contribution in [0.5, 0.6) is 5.19 Å². The van der Waals surface area contributed by atoms with Crippen LogP contribution in [0.25, 0.3) is 32.9 Å². The SMILES string of the molecule is CCOc1nc(C)c(-c2cccc(-c3cc(F)c4nn[nH]c4c3F)n2)s1. The number of aromatic amines is 1. The number of ether oxygens (including phenoxy) is 1. The van der Waals surface area contributed by atoms with Gasteiger partial charge in [-0.15, -0.1) is 5.10 Å². The monoisotopic (exact) mass is 373 g/mol. The van der Waals surface area contributed by atoms with Crippen LogP contribution in [0.2, 0.25) is 0 Å². The summed E-state index contributed by atoms with van der Waals surface area (Å²) < 4.78 is 34.3. The highest BCUT2D eigenvalue weighted by Crippen LogP contribution is 2.35. The molecular weight excluding hydrogens is 360 g/mol. The molecule has 0 atom stereocenters. The summed E-state index contributed by atoms with van der Waals surface area (Å²) in [5, 5.41) is 9.94. The average molecular weight is 373 g/mol. The minimum absolute atomic E-state index is 0.0371. The van der Waals surface area contributed by atoms with Gasteiger partial charge in [-0.3, -0.25) is 5.10 Å². The van der Waals surface area contributed by atoms with E-state index in [0.29, 0.717) is 23.2 Å². The van der Waals surface area contributed by atoms with Crippen LogP contribution in [-0.4, -0.2) is 32.0 Å². The second-order valence-corrected chi connectivity index (χ2v) is 6.45. The van der Waals surface area contributed by atoms with E-state index in [2.05, 4.69) is 25.4 Å². The van der Waals surface area contributed by atoms with Gasteiger partial charge >= 0.3 is 0 Å². The number of aryl methyl sites for hydroxylation is 1. The zero-order valence-corrected chi connectivity index (χ0v) is 14.7. The van der Waals surface area contributed by atoms with Crippen LogP contribution >= 0.6 is 11.3 Å². The average Bonchev–Trinajstić information content (AvgIpc) is 3.26. The number of benzene rings is 1. The Kier molecular flexibility index (Phi) is 4.08. The summed E-state index contributed by atoms with van der Waals surface area (Å²) in [4.78, 5) is 9.66. The second-order valence-electron chi connectivity index (χ2n) is 5.49. The molecule has 3 aromatic heterocycles. The highest BCUT2D eigenvalue weighted by Gasteiger charge is 2.19. The molecule has 0 radical (unpaired) electrons. The molecule has 0 saturated carbocycles. The summed E-state index contributed by atoms with van der Waals surface area (Å²) >= 11 is 1.36. The van der Waals surface area contributed by atoms with Crippen LogP contribution < -0.4 is 4.74 Å². The molecule has 0 amide bonds. The van der Waals surface area contributed by atoms with Crippen molar-refractivity contribution in [1.82, 2.24) is 25.4 Å². The van der Waals surface area contributed by atoms with E-state index in [0.717, 1.165) is 16.6 Å². The quantitative estimate of drug-likeness (QED) is 0.582. The first-order valence-corrected chi connectivity index (χ1v) is 8.67. The van der Waals surface area contributed by atoms with Gasteiger partial charge in [-0.25, -0.2) is 18.7 Å². The predicted octanol–water partition coefficient (Wildman–Crippen LogP) is 4.13. The molecule has 0 saturated heterocycles. The molecule has 0 aliphatic carbocycles. The standard InChI is InChI=1S/C17H13F2N5OS/c1-3-25-17-20-8(2)16(26-17)12-6-4-5-11(21-12)9-7-10(18)14-15(13(9)19)23-24-22-14/h4-7H,3H2,1-2H3,(H,22,23,24).